The summed E-state index contributed by atoms with van der Waals surface area (Å²) in [5, 5.41) is 12.5. The number of nitrogens with zero attached hydrogens (tertiary/aromatic N) is 4. The Labute approximate surface area is 232 Å². The van der Waals surface area contributed by atoms with Crippen molar-refractivity contribution in [2.24, 2.45) is 0 Å². The van der Waals surface area contributed by atoms with Gasteiger partial charge in [-0.3, -0.25) is 4.98 Å². The Hall–Kier alpha value is -4.37. The van der Waals surface area contributed by atoms with Crippen molar-refractivity contribution < 1.29 is 28.2 Å². The third-order valence-electron chi connectivity index (χ3n) is 5.64. The van der Waals surface area contributed by atoms with E-state index in [1.54, 1.807) is 6.92 Å². The van der Waals surface area contributed by atoms with Crippen LogP contribution in [0.5, 0.6) is 0 Å². The second-order valence-electron chi connectivity index (χ2n) is 10.0. The number of hydrogen-bond donors (Lipinski definition) is 2. The number of rotatable bonds is 8. The number of carbonyl (C=O) groups is 2. The Morgan fingerprint density at radius 1 is 1.15 bits per heavy atom. The summed E-state index contributed by atoms with van der Waals surface area (Å²) < 4.78 is 35.2. The fourth-order valence-electron chi connectivity index (χ4n) is 3.45. The zero-order valence-electron chi connectivity index (χ0n) is 23.0. The van der Waals surface area contributed by atoms with Crippen molar-refractivity contribution in [2.45, 2.75) is 52.8 Å². The van der Waals surface area contributed by atoms with E-state index in [1.807, 2.05) is 6.92 Å². The minimum Gasteiger partial charge on any atom is -0.464 e. The van der Waals surface area contributed by atoms with Gasteiger partial charge in [0.05, 0.1) is 18.5 Å². The molecule has 210 valence electrons. The number of hydrogen-bond acceptors (Lipinski definition) is 7. The van der Waals surface area contributed by atoms with Crippen molar-refractivity contribution >= 4 is 37.6 Å². The zero-order chi connectivity index (χ0) is 29.4. The van der Waals surface area contributed by atoms with Crippen molar-refractivity contribution in [1.82, 2.24) is 15.0 Å². The molecule has 3 aromatic rings. The molecule has 0 spiro atoms. The lowest BCUT2D eigenvalue weighted by molar-refractivity contribution is 0.147. The summed E-state index contributed by atoms with van der Waals surface area (Å²) in [4.78, 5) is 36.4. The molecule has 2 N–H and O–H groups in total. The highest BCUT2D eigenvalue weighted by molar-refractivity contribution is 6.83. The van der Waals surface area contributed by atoms with Crippen LogP contribution < -0.4 is 10.2 Å². The smallest absolute Gasteiger partial charge is 0.425 e. The monoisotopic (exact) mass is 567 g/mol. The van der Waals surface area contributed by atoms with Crippen LogP contribution in [0.25, 0.3) is 0 Å². The maximum Gasteiger partial charge on any atom is 0.425 e. The van der Waals surface area contributed by atoms with Crippen LogP contribution in [0.4, 0.5) is 35.7 Å². The molecule has 40 heavy (non-hydrogen) atoms. The molecule has 0 saturated carbocycles. The molecule has 0 saturated heterocycles. The Morgan fingerprint density at radius 2 is 1.90 bits per heavy atom. The summed E-state index contributed by atoms with van der Waals surface area (Å²) in [5.74, 6) is 0.691. The third kappa shape index (κ3) is 7.83. The number of carboxylic acid groups (broad SMARTS) is 1. The van der Waals surface area contributed by atoms with E-state index in [1.165, 1.54) is 36.9 Å². The molecule has 0 aliphatic carbocycles. The first-order chi connectivity index (χ1) is 18.9. The second-order valence-corrected chi connectivity index (χ2v) is 14.8. The lowest BCUT2D eigenvalue weighted by Crippen LogP contribution is -2.38. The molecule has 12 heteroatoms. The van der Waals surface area contributed by atoms with E-state index >= 15 is 4.39 Å². The number of carbonyl (C=O) groups excluding carboxylic acids is 1. The van der Waals surface area contributed by atoms with E-state index in [9.17, 15) is 19.1 Å². The molecule has 3 aromatic heterocycles. The number of anilines is 3. The van der Waals surface area contributed by atoms with Gasteiger partial charge in [-0.2, -0.15) is 4.90 Å². The second kappa shape index (κ2) is 13.1. The van der Waals surface area contributed by atoms with E-state index in [0.29, 0.717) is 28.8 Å². The Balaban J connectivity index is 1.85. The minimum absolute atomic E-state index is 0.00478. The van der Waals surface area contributed by atoms with Crippen molar-refractivity contribution in [3.63, 3.8) is 0 Å². The summed E-state index contributed by atoms with van der Waals surface area (Å²) in [5.41, 5.74) is 5.39. The molecule has 3 rings (SSSR count). The van der Waals surface area contributed by atoms with Crippen molar-refractivity contribution in [3.05, 3.63) is 70.8 Å². The Morgan fingerprint density at radius 3 is 2.55 bits per heavy atom. The van der Waals surface area contributed by atoms with Gasteiger partial charge in [0.15, 0.2) is 23.3 Å². The van der Waals surface area contributed by atoms with Crippen LogP contribution >= 0.6 is 0 Å². The standard InChI is InChI=1S/C28H31F2N5O4Si/c1-6-7-11-39-28(38)35(27(36)37)26-24(30)20(8-10-32-26)14-21-16-31-17-23(18(21)2)34-25-22(29)13-19(15-33-25)9-12-40(3,4)5/h8,10,13,15-17H,6-7,11,14H2,1-5H3,(H,33,34)(H,36,37). The molecule has 0 bridgehead atoms. The molecule has 0 aliphatic heterocycles. The number of ether oxygens (including phenoxy) is 1. The topological polar surface area (TPSA) is 118 Å². The molecule has 3 heterocycles. The largest absolute Gasteiger partial charge is 0.464 e. The number of amides is 2. The maximum absolute atomic E-state index is 15.4. The van der Waals surface area contributed by atoms with E-state index in [2.05, 4.69) is 51.4 Å². The highest BCUT2D eigenvalue weighted by Crippen LogP contribution is 2.27. The van der Waals surface area contributed by atoms with Crippen molar-refractivity contribution in [1.29, 1.82) is 0 Å². The van der Waals surface area contributed by atoms with Crippen LogP contribution in [0, 0.1) is 30.0 Å². The summed E-state index contributed by atoms with van der Waals surface area (Å²) in [6.07, 6.45) is 4.00. The average Bonchev–Trinajstić information content (AvgIpc) is 2.88. The van der Waals surface area contributed by atoms with Gasteiger partial charge in [-0.15, -0.1) is 5.54 Å². The fraction of sp³-hybridized carbons (Fsp3) is 0.321. The minimum atomic E-state index is -1.72. The summed E-state index contributed by atoms with van der Waals surface area (Å²) in [7, 11) is -1.63. The van der Waals surface area contributed by atoms with Gasteiger partial charge in [-0.05, 0) is 42.2 Å². The number of unbranched alkanes of at least 4 members (excludes halogenated alkanes) is 1. The molecular formula is C28H31F2N5O4Si. The van der Waals surface area contributed by atoms with Crippen molar-refractivity contribution in [3.8, 4) is 11.5 Å². The van der Waals surface area contributed by atoms with Crippen LogP contribution in [0.3, 0.4) is 0 Å². The first kappa shape index (κ1) is 30.2. The summed E-state index contributed by atoms with van der Waals surface area (Å²) >= 11 is 0. The van der Waals surface area contributed by atoms with E-state index in [-0.39, 0.29) is 29.3 Å². The Bertz CT molecular complexity index is 1470. The quantitative estimate of drug-likeness (QED) is 0.181. The molecule has 0 unspecified atom stereocenters. The fourth-order valence-corrected chi connectivity index (χ4v) is 3.97. The van der Waals surface area contributed by atoms with Gasteiger partial charge in [0.1, 0.15) is 8.07 Å². The lowest BCUT2D eigenvalue weighted by atomic mass is 10.0. The van der Waals surface area contributed by atoms with Gasteiger partial charge in [-0.1, -0.05) is 38.9 Å². The molecule has 0 aromatic carbocycles. The highest BCUT2D eigenvalue weighted by Gasteiger charge is 2.30. The average molecular weight is 568 g/mol. The van der Waals surface area contributed by atoms with Gasteiger partial charge < -0.3 is 15.2 Å². The van der Waals surface area contributed by atoms with E-state index in [4.69, 9.17) is 4.74 Å². The number of halogens is 2. The number of nitrogens with one attached hydrogen (secondary N) is 1. The number of pyridine rings is 3. The molecule has 2 amide bonds. The van der Waals surface area contributed by atoms with E-state index in [0.717, 1.165) is 6.42 Å². The molecule has 9 nitrogen and oxygen atoms in total. The third-order valence-corrected chi connectivity index (χ3v) is 6.51. The number of aromatic nitrogens is 3. The maximum atomic E-state index is 15.4. The van der Waals surface area contributed by atoms with Crippen LogP contribution in [0.15, 0.2) is 36.9 Å². The van der Waals surface area contributed by atoms with Crippen LogP contribution in [0.1, 0.15) is 42.0 Å². The van der Waals surface area contributed by atoms with E-state index < -0.39 is 37.7 Å². The first-order valence-electron chi connectivity index (χ1n) is 12.6. The highest BCUT2D eigenvalue weighted by atomic mass is 28.3. The molecule has 0 aliphatic rings. The predicted octanol–water partition coefficient (Wildman–Crippen LogP) is 6.44. The molecule has 0 radical (unpaired) electrons. The zero-order valence-corrected chi connectivity index (χ0v) is 24.0. The van der Waals surface area contributed by atoms with Gasteiger partial charge >= 0.3 is 12.2 Å². The van der Waals surface area contributed by atoms with Gasteiger partial charge in [0.25, 0.3) is 0 Å². The summed E-state index contributed by atoms with van der Waals surface area (Å²) in [6, 6.07) is 2.69. The molecule has 0 atom stereocenters. The molecule has 0 fully saturated rings. The van der Waals surface area contributed by atoms with Gasteiger partial charge in [0, 0.05) is 30.6 Å². The van der Waals surface area contributed by atoms with Gasteiger partial charge in [0.2, 0.25) is 0 Å². The normalized spacial score (nSPS) is 10.9. The lowest BCUT2D eigenvalue weighted by Gasteiger charge is -2.18. The SMILES string of the molecule is CCCCOC(=O)N(C(=O)O)c1nccc(Cc2cncc(Nc3ncc(C#C[Si](C)(C)C)cc3F)c2C)c1F. The van der Waals surface area contributed by atoms with Crippen LogP contribution in [-0.4, -0.2) is 46.9 Å². The number of imide groups is 1. The van der Waals surface area contributed by atoms with Gasteiger partial charge in [-0.25, -0.2) is 28.3 Å². The summed E-state index contributed by atoms with van der Waals surface area (Å²) in [6.45, 7) is 9.89. The van der Waals surface area contributed by atoms with Crippen LogP contribution in [0.2, 0.25) is 19.6 Å². The van der Waals surface area contributed by atoms with Crippen molar-refractivity contribution in [2.75, 3.05) is 16.8 Å². The first-order valence-corrected chi connectivity index (χ1v) is 16.1. The Kier molecular flexibility index (Phi) is 9.90. The molecular weight excluding hydrogens is 536 g/mol. The predicted molar refractivity (Wildman–Crippen MR) is 150 cm³/mol. The van der Waals surface area contributed by atoms with Crippen LogP contribution in [-0.2, 0) is 11.2 Å².